The number of nitro groups is 1. The zero-order valence-corrected chi connectivity index (χ0v) is 16.8. The van der Waals surface area contributed by atoms with Crippen molar-refractivity contribution in [1.82, 2.24) is 14.8 Å². The fraction of sp³-hybridized carbons (Fsp3) is 0.250. The van der Waals surface area contributed by atoms with Crippen LogP contribution in [0.4, 0.5) is 10.8 Å². The van der Waals surface area contributed by atoms with Crippen molar-refractivity contribution >= 4 is 44.2 Å². The minimum Gasteiger partial charge on any atom is -0.336 e. The summed E-state index contributed by atoms with van der Waals surface area (Å²) < 4.78 is 0.768. The average molecular weight is 425 g/mol. The molecule has 3 aromatic rings. The first-order chi connectivity index (χ1) is 14.5. The highest BCUT2D eigenvalue weighted by Crippen LogP contribution is 2.28. The molecule has 1 aliphatic heterocycles. The summed E-state index contributed by atoms with van der Waals surface area (Å²) in [4.78, 5) is 43.4. The normalized spacial score (nSPS) is 14.6. The molecule has 10 heteroatoms. The molecular weight excluding hydrogens is 406 g/mol. The minimum absolute atomic E-state index is 0.00303. The molecule has 0 spiro atoms. The maximum Gasteiger partial charge on any atom is 0.271 e. The summed E-state index contributed by atoms with van der Waals surface area (Å²) in [6.07, 6.45) is 0. The number of hydrogen-bond donors (Lipinski definition) is 1. The lowest BCUT2D eigenvalue weighted by molar-refractivity contribution is -0.384. The molecular formula is C20H19N5O4S. The fourth-order valence-corrected chi connectivity index (χ4v) is 4.18. The number of piperazine rings is 1. The summed E-state index contributed by atoms with van der Waals surface area (Å²) in [7, 11) is 0. The third-order valence-corrected chi connectivity index (χ3v) is 5.83. The van der Waals surface area contributed by atoms with Gasteiger partial charge in [-0.05, 0) is 18.2 Å². The highest BCUT2D eigenvalue weighted by molar-refractivity contribution is 7.22. The number of thiazole rings is 1. The number of fused-ring (bicyclic) bond motifs is 1. The molecule has 1 aromatic heterocycles. The van der Waals surface area contributed by atoms with Crippen LogP contribution in [0.15, 0.2) is 48.5 Å². The van der Waals surface area contributed by atoms with Crippen molar-refractivity contribution in [1.29, 1.82) is 0 Å². The Labute approximate surface area is 176 Å². The Bertz CT molecular complexity index is 1090. The lowest BCUT2D eigenvalue weighted by Crippen LogP contribution is -2.50. The highest BCUT2D eigenvalue weighted by atomic mass is 32.1. The van der Waals surface area contributed by atoms with Crippen molar-refractivity contribution in [2.24, 2.45) is 0 Å². The van der Waals surface area contributed by atoms with Crippen LogP contribution in [0.3, 0.4) is 0 Å². The smallest absolute Gasteiger partial charge is 0.271 e. The van der Waals surface area contributed by atoms with Gasteiger partial charge in [0.2, 0.25) is 5.91 Å². The molecule has 2 aromatic carbocycles. The molecule has 1 N–H and O–H groups in total. The van der Waals surface area contributed by atoms with Gasteiger partial charge < -0.3 is 10.2 Å². The molecule has 9 nitrogen and oxygen atoms in total. The summed E-state index contributed by atoms with van der Waals surface area (Å²) in [5.74, 6) is -0.199. The summed E-state index contributed by atoms with van der Waals surface area (Å²) in [6.45, 7) is 2.54. The van der Waals surface area contributed by atoms with E-state index < -0.39 is 4.92 Å². The average Bonchev–Trinajstić information content (AvgIpc) is 3.15. The first kappa shape index (κ1) is 19.9. The van der Waals surface area contributed by atoms with Gasteiger partial charge in [0, 0.05) is 43.9 Å². The second-order valence-electron chi connectivity index (χ2n) is 6.91. The number of nitrogens with one attached hydrogen (secondary N) is 1. The highest BCUT2D eigenvalue weighted by Gasteiger charge is 2.23. The molecule has 2 amide bonds. The Morgan fingerprint density at radius 2 is 1.83 bits per heavy atom. The first-order valence-electron chi connectivity index (χ1n) is 9.41. The molecule has 1 aliphatic rings. The molecule has 0 unspecified atom stereocenters. The number of carbonyl (C=O) groups is 2. The summed E-state index contributed by atoms with van der Waals surface area (Å²) in [5, 5.41) is 14.1. The van der Waals surface area contributed by atoms with E-state index in [1.807, 2.05) is 23.1 Å². The summed E-state index contributed by atoms with van der Waals surface area (Å²) >= 11 is 1.27. The van der Waals surface area contributed by atoms with Crippen molar-refractivity contribution in [2.75, 3.05) is 38.0 Å². The van der Waals surface area contributed by atoms with Gasteiger partial charge in [-0.2, -0.15) is 0 Å². The van der Waals surface area contributed by atoms with Gasteiger partial charge >= 0.3 is 0 Å². The van der Waals surface area contributed by atoms with Crippen LogP contribution in [0, 0.1) is 10.1 Å². The van der Waals surface area contributed by atoms with E-state index in [4.69, 9.17) is 0 Å². The number of nitro benzene ring substituents is 1. The van der Waals surface area contributed by atoms with Gasteiger partial charge in [0.05, 0.1) is 21.7 Å². The van der Waals surface area contributed by atoms with Crippen molar-refractivity contribution in [2.45, 2.75) is 0 Å². The summed E-state index contributed by atoms with van der Waals surface area (Å²) in [5.41, 5.74) is 1.12. The van der Waals surface area contributed by atoms with E-state index >= 15 is 0 Å². The van der Waals surface area contributed by atoms with Gasteiger partial charge in [0.1, 0.15) is 0 Å². The number of aromatic nitrogens is 1. The topological polar surface area (TPSA) is 109 Å². The van der Waals surface area contributed by atoms with Crippen molar-refractivity contribution in [3.05, 3.63) is 64.2 Å². The Morgan fingerprint density at radius 1 is 1.10 bits per heavy atom. The Morgan fingerprint density at radius 3 is 2.53 bits per heavy atom. The zero-order chi connectivity index (χ0) is 21.1. The molecule has 0 bridgehead atoms. The van der Waals surface area contributed by atoms with Crippen molar-refractivity contribution < 1.29 is 14.5 Å². The van der Waals surface area contributed by atoms with E-state index in [1.54, 1.807) is 23.1 Å². The predicted molar refractivity (Wildman–Crippen MR) is 114 cm³/mol. The van der Waals surface area contributed by atoms with Crippen LogP contribution in [-0.2, 0) is 4.79 Å². The van der Waals surface area contributed by atoms with Crippen LogP contribution >= 0.6 is 11.3 Å². The molecule has 1 fully saturated rings. The maximum absolute atomic E-state index is 12.5. The molecule has 0 aliphatic carbocycles. The monoisotopic (exact) mass is 425 g/mol. The third kappa shape index (κ3) is 4.44. The van der Waals surface area contributed by atoms with Crippen LogP contribution in [-0.4, -0.2) is 64.2 Å². The molecule has 4 rings (SSSR count). The minimum atomic E-state index is -0.473. The zero-order valence-electron chi connectivity index (χ0n) is 16.0. The number of hydrogen-bond acceptors (Lipinski definition) is 7. The predicted octanol–water partition coefficient (Wildman–Crippen LogP) is 2.60. The molecule has 0 radical (unpaired) electrons. The van der Waals surface area contributed by atoms with Gasteiger partial charge in [-0.3, -0.25) is 24.6 Å². The van der Waals surface area contributed by atoms with Crippen LogP contribution in [0.25, 0.3) is 10.2 Å². The molecule has 30 heavy (non-hydrogen) atoms. The van der Waals surface area contributed by atoms with Crippen molar-refractivity contribution in [3.8, 4) is 0 Å². The van der Waals surface area contributed by atoms with Crippen LogP contribution in [0.2, 0.25) is 0 Å². The molecule has 2 heterocycles. The lowest BCUT2D eigenvalue weighted by atomic mass is 10.2. The lowest BCUT2D eigenvalue weighted by Gasteiger charge is -2.34. The van der Waals surface area contributed by atoms with Gasteiger partial charge in [-0.1, -0.05) is 29.5 Å². The second kappa shape index (κ2) is 8.56. The molecule has 0 atom stereocenters. The van der Waals surface area contributed by atoms with Crippen LogP contribution in [0.5, 0.6) is 0 Å². The molecule has 0 saturated carbocycles. The van der Waals surface area contributed by atoms with Crippen LogP contribution < -0.4 is 5.32 Å². The number of nitrogens with zero attached hydrogens (tertiary/aromatic N) is 4. The number of rotatable bonds is 5. The standard InChI is InChI=1S/C20H19N5O4S/c26-18(22-20-21-16-12-15(25(28)29)6-7-17(16)30-20)13-23-8-10-24(11-9-23)19(27)14-4-2-1-3-5-14/h1-7,12H,8-11,13H2,(H,21,22,26). The number of carbonyl (C=O) groups excluding carboxylic acids is 2. The fourth-order valence-electron chi connectivity index (χ4n) is 3.32. The molecule has 1 saturated heterocycles. The summed E-state index contributed by atoms with van der Waals surface area (Å²) in [6, 6.07) is 13.6. The Kier molecular flexibility index (Phi) is 5.68. The van der Waals surface area contributed by atoms with Crippen LogP contribution in [0.1, 0.15) is 10.4 Å². The quantitative estimate of drug-likeness (QED) is 0.497. The van der Waals surface area contributed by atoms with E-state index in [2.05, 4.69) is 10.3 Å². The van der Waals surface area contributed by atoms with Crippen molar-refractivity contribution in [3.63, 3.8) is 0 Å². The van der Waals surface area contributed by atoms with E-state index in [9.17, 15) is 19.7 Å². The number of amides is 2. The number of non-ortho nitro benzene ring substituents is 1. The second-order valence-corrected chi connectivity index (χ2v) is 7.94. The SMILES string of the molecule is O=C(CN1CCN(C(=O)c2ccccc2)CC1)Nc1nc2cc([N+](=O)[O-])ccc2s1. The van der Waals surface area contributed by atoms with E-state index in [0.717, 1.165) is 4.70 Å². The Hall–Kier alpha value is -3.37. The number of anilines is 1. The maximum atomic E-state index is 12.5. The van der Waals surface area contributed by atoms with Gasteiger partial charge in [-0.15, -0.1) is 0 Å². The van der Waals surface area contributed by atoms with Gasteiger partial charge in [0.15, 0.2) is 5.13 Å². The third-order valence-electron chi connectivity index (χ3n) is 4.88. The first-order valence-corrected chi connectivity index (χ1v) is 10.2. The number of benzene rings is 2. The van der Waals surface area contributed by atoms with Gasteiger partial charge in [-0.25, -0.2) is 4.98 Å². The van der Waals surface area contributed by atoms with E-state index in [1.165, 1.54) is 23.5 Å². The van der Waals surface area contributed by atoms with Gasteiger partial charge in [0.25, 0.3) is 11.6 Å². The molecule has 154 valence electrons. The Balaban J connectivity index is 1.30. The van der Waals surface area contributed by atoms with E-state index in [-0.39, 0.29) is 24.0 Å². The largest absolute Gasteiger partial charge is 0.336 e. The van der Waals surface area contributed by atoms with E-state index in [0.29, 0.717) is 42.4 Å².